The van der Waals surface area contributed by atoms with Crippen molar-refractivity contribution in [2.24, 2.45) is 0 Å². The summed E-state index contributed by atoms with van der Waals surface area (Å²) in [5.74, 6) is 4.05. The van der Waals surface area contributed by atoms with Gasteiger partial charge in [0.25, 0.3) is 0 Å². The number of rotatable bonds is 5. The molecule has 1 aliphatic heterocycles. The molecule has 100 valence electrons. The van der Waals surface area contributed by atoms with Crippen molar-refractivity contribution in [2.75, 3.05) is 30.9 Å². The van der Waals surface area contributed by atoms with E-state index >= 15 is 0 Å². The molecule has 0 aromatic heterocycles. The Morgan fingerprint density at radius 1 is 1.44 bits per heavy atom. The molecule has 2 nitrogen and oxygen atoms in total. The Morgan fingerprint density at radius 3 is 3.00 bits per heavy atom. The van der Waals surface area contributed by atoms with Crippen molar-refractivity contribution < 1.29 is 9.13 Å². The lowest BCUT2D eigenvalue weighted by Crippen LogP contribution is -2.28. The van der Waals surface area contributed by atoms with E-state index in [0.29, 0.717) is 23.1 Å². The van der Waals surface area contributed by atoms with E-state index in [2.05, 4.69) is 5.32 Å². The van der Waals surface area contributed by atoms with E-state index in [1.807, 2.05) is 23.5 Å². The van der Waals surface area contributed by atoms with Gasteiger partial charge in [0, 0.05) is 47.2 Å². The second kappa shape index (κ2) is 7.26. The molecular formula is C13H18FNOS2. The van der Waals surface area contributed by atoms with Gasteiger partial charge in [-0.15, -0.1) is 0 Å². The van der Waals surface area contributed by atoms with Crippen LogP contribution in [0.1, 0.15) is 5.56 Å². The predicted molar refractivity (Wildman–Crippen MR) is 78.2 cm³/mol. The molecule has 5 heteroatoms. The van der Waals surface area contributed by atoms with E-state index in [4.69, 9.17) is 4.74 Å². The average Bonchev–Trinajstić information content (AvgIpc) is 2.42. The van der Waals surface area contributed by atoms with Gasteiger partial charge < -0.3 is 10.1 Å². The normalized spacial score (nSPS) is 19.8. The van der Waals surface area contributed by atoms with Gasteiger partial charge in [0.15, 0.2) is 0 Å². The summed E-state index contributed by atoms with van der Waals surface area (Å²) in [7, 11) is 1.55. The summed E-state index contributed by atoms with van der Waals surface area (Å²) in [6, 6.07) is 5.01. The first kappa shape index (κ1) is 14.0. The molecule has 1 aromatic carbocycles. The van der Waals surface area contributed by atoms with Gasteiger partial charge >= 0.3 is 0 Å². The number of thioether (sulfide) groups is 2. The largest absolute Gasteiger partial charge is 0.497 e. The maximum atomic E-state index is 13.7. The van der Waals surface area contributed by atoms with Gasteiger partial charge in [-0.2, -0.15) is 23.5 Å². The van der Waals surface area contributed by atoms with Gasteiger partial charge in [0.05, 0.1) is 7.11 Å². The van der Waals surface area contributed by atoms with Crippen LogP contribution >= 0.6 is 23.5 Å². The Hall–Kier alpha value is -0.390. The molecule has 0 saturated carbocycles. The smallest absolute Gasteiger partial charge is 0.131 e. The Balaban J connectivity index is 1.79. The van der Waals surface area contributed by atoms with Crippen LogP contribution in [0.25, 0.3) is 0 Å². The quantitative estimate of drug-likeness (QED) is 0.898. The molecule has 1 atom stereocenters. The van der Waals surface area contributed by atoms with Crippen molar-refractivity contribution in [3.63, 3.8) is 0 Å². The lowest BCUT2D eigenvalue weighted by molar-refractivity contribution is 0.410. The molecular weight excluding hydrogens is 269 g/mol. The fourth-order valence-corrected chi connectivity index (χ4v) is 4.47. The summed E-state index contributed by atoms with van der Waals surface area (Å²) in [5, 5.41) is 3.99. The standard InChI is InChI=1S/C13H18FNOS2/c1-16-11-3-2-10(13(14)6-11)7-15-8-12-9-17-4-5-18-12/h2-3,6,12,15H,4-5,7-9H2,1H3. The van der Waals surface area contributed by atoms with Gasteiger partial charge in [-0.3, -0.25) is 0 Å². The first-order valence-electron chi connectivity index (χ1n) is 6.02. The summed E-state index contributed by atoms with van der Waals surface area (Å²) in [4.78, 5) is 0. The van der Waals surface area contributed by atoms with Crippen LogP contribution in [-0.4, -0.2) is 36.2 Å². The molecule has 0 amide bonds. The summed E-state index contributed by atoms with van der Waals surface area (Å²) in [5.41, 5.74) is 0.698. The lowest BCUT2D eigenvalue weighted by atomic mass is 10.2. The van der Waals surface area contributed by atoms with E-state index in [-0.39, 0.29) is 5.82 Å². The summed E-state index contributed by atoms with van der Waals surface area (Å²) < 4.78 is 18.7. The Bertz CT molecular complexity index is 383. The highest BCUT2D eigenvalue weighted by molar-refractivity contribution is 8.06. The van der Waals surface area contributed by atoms with Gasteiger partial charge in [-0.05, 0) is 6.07 Å². The molecule has 1 saturated heterocycles. The minimum atomic E-state index is -0.201. The van der Waals surface area contributed by atoms with Gasteiger partial charge in [-0.25, -0.2) is 4.39 Å². The second-order valence-corrected chi connectivity index (χ2v) is 6.71. The number of methoxy groups -OCH3 is 1. The Labute approximate surface area is 116 Å². The molecule has 0 radical (unpaired) electrons. The van der Waals surface area contributed by atoms with Crippen LogP contribution in [0.4, 0.5) is 4.39 Å². The number of halogens is 1. The van der Waals surface area contributed by atoms with Crippen LogP contribution < -0.4 is 10.1 Å². The van der Waals surface area contributed by atoms with Crippen molar-refractivity contribution in [2.45, 2.75) is 11.8 Å². The third-order valence-corrected chi connectivity index (χ3v) is 5.68. The van der Waals surface area contributed by atoms with Crippen molar-refractivity contribution in [3.8, 4) is 5.75 Å². The number of benzene rings is 1. The third-order valence-electron chi connectivity index (χ3n) is 2.83. The van der Waals surface area contributed by atoms with Crippen molar-refractivity contribution in [3.05, 3.63) is 29.6 Å². The Morgan fingerprint density at radius 2 is 2.33 bits per heavy atom. The molecule has 1 fully saturated rings. The molecule has 1 aliphatic rings. The topological polar surface area (TPSA) is 21.3 Å². The fraction of sp³-hybridized carbons (Fsp3) is 0.538. The molecule has 2 rings (SSSR count). The van der Waals surface area contributed by atoms with Crippen molar-refractivity contribution in [1.82, 2.24) is 5.32 Å². The summed E-state index contributed by atoms with van der Waals surface area (Å²) >= 11 is 4.02. The van der Waals surface area contributed by atoms with Crippen molar-refractivity contribution >= 4 is 23.5 Å². The molecule has 0 spiro atoms. The van der Waals surface area contributed by atoms with Crippen molar-refractivity contribution in [1.29, 1.82) is 0 Å². The maximum Gasteiger partial charge on any atom is 0.131 e. The Kier molecular flexibility index (Phi) is 5.66. The summed E-state index contributed by atoms with van der Waals surface area (Å²) in [6.45, 7) is 1.53. The van der Waals surface area contributed by atoms with E-state index in [1.165, 1.54) is 23.3 Å². The van der Waals surface area contributed by atoms with E-state index in [1.54, 1.807) is 19.2 Å². The number of ether oxygens (including phenoxy) is 1. The number of hydrogen-bond acceptors (Lipinski definition) is 4. The zero-order valence-electron chi connectivity index (χ0n) is 10.4. The zero-order valence-corrected chi connectivity index (χ0v) is 12.1. The molecule has 1 aromatic rings. The maximum absolute atomic E-state index is 13.7. The first-order valence-corrected chi connectivity index (χ1v) is 8.22. The second-order valence-electron chi connectivity index (χ2n) is 4.16. The minimum Gasteiger partial charge on any atom is -0.497 e. The molecule has 18 heavy (non-hydrogen) atoms. The van der Waals surface area contributed by atoms with Gasteiger partial charge in [0.1, 0.15) is 11.6 Å². The van der Waals surface area contributed by atoms with Gasteiger partial charge in [-0.1, -0.05) is 6.07 Å². The van der Waals surface area contributed by atoms with Crippen LogP contribution in [0.5, 0.6) is 5.75 Å². The number of hydrogen-bond donors (Lipinski definition) is 1. The van der Waals surface area contributed by atoms with E-state index in [0.717, 1.165) is 6.54 Å². The molecule has 1 heterocycles. The third kappa shape index (κ3) is 4.07. The average molecular weight is 287 g/mol. The van der Waals surface area contributed by atoms with Crippen LogP contribution in [0.3, 0.4) is 0 Å². The first-order chi connectivity index (χ1) is 8.79. The monoisotopic (exact) mass is 287 g/mol. The lowest BCUT2D eigenvalue weighted by Gasteiger charge is -2.21. The van der Waals surface area contributed by atoms with E-state index in [9.17, 15) is 4.39 Å². The SMILES string of the molecule is COc1ccc(CNCC2CSCCS2)c(F)c1. The highest BCUT2D eigenvalue weighted by Gasteiger charge is 2.13. The highest BCUT2D eigenvalue weighted by atomic mass is 32.2. The highest BCUT2D eigenvalue weighted by Crippen LogP contribution is 2.23. The molecule has 0 bridgehead atoms. The van der Waals surface area contributed by atoms with Crippen LogP contribution in [0.15, 0.2) is 18.2 Å². The van der Waals surface area contributed by atoms with E-state index < -0.39 is 0 Å². The fourth-order valence-electron chi connectivity index (χ4n) is 1.82. The minimum absolute atomic E-state index is 0.201. The predicted octanol–water partition coefficient (Wildman–Crippen LogP) is 2.77. The van der Waals surface area contributed by atoms with Crippen LogP contribution in [-0.2, 0) is 6.54 Å². The van der Waals surface area contributed by atoms with Crippen LogP contribution in [0, 0.1) is 5.82 Å². The molecule has 1 unspecified atom stereocenters. The zero-order chi connectivity index (χ0) is 12.8. The summed E-state index contributed by atoms with van der Waals surface area (Å²) in [6.07, 6.45) is 0. The molecule has 1 N–H and O–H groups in total. The van der Waals surface area contributed by atoms with Crippen LogP contribution in [0.2, 0.25) is 0 Å². The molecule has 0 aliphatic carbocycles. The number of nitrogens with one attached hydrogen (secondary N) is 1. The van der Waals surface area contributed by atoms with Gasteiger partial charge in [0.2, 0.25) is 0 Å².